The highest BCUT2D eigenvalue weighted by Crippen LogP contribution is 2.30. The summed E-state index contributed by atoms with van der Waals surface area (Å²) in [5.74, 6) is -0.684. The number of benzene rings is 1. The molecule has 0 saturated heterocycles. The van der Waals surface area contributed by atoms with Gasteiger partial charge in [-0.25, -0.2) is 0 Å². The highest BCUT2D eigenvalue weighted by atomic mass is 16.5. The van der Waals surface area contributed by atoms with Crippen molar-refractivity contribution in [3.8, 4) is 17.2 Å². The third-order valence-corrected chi connectivity index (χ3v) is 2.59. The van der Waals surface area contributed by atoms with Gasteiger partial charge in [0.05, 0.1) is 5.41 Å². The molecule has 0 amide bonds. The Hall–Kier alpha value is -1.71. The maximum absolute atomic E-state index is 11.7. The smallest absolute Gasteiger partial charge is 0.316 e. The molecular weight excluding hydrogens is 208 g/mol. The van der Waals surface area contributed by atoms with Crippen LogP contribution < -0.4 is 4.74 Å². The van der Waals surface area contributed by atoms with Crippen molar-refractivity contribution in [2.24, 2.45) is 5.41 Å². The van der Waals surface area contributed by atoms with E-state index in [0.29, 0.717) is 6.42 Å². The van der Waals surface area contributed by atoms with Crippen molar-refractivity contribution < 1.29 is 19.7 Å². The first kappa shape index (κ1) is 12.4. The second-order valence-electron chi connectivity index (χ2n) is 4.28. The van der Waals surface area contributed by atoms with Gasteiger partial charge in [0.15, 0.2) is 11.5 Å². The Balaban J connectivity index is 2.82. The van der Waals surface area contributed by atoms with Crippen molar-refractivity contribution in [3.63, 3.8) is 0 Å². The fourth-order valence-corrected chi connectivity index (χ4v) is 0.956. The minimum Gasteiger partial charge on any atom is -0.504 e. The van der Waals surface area contributed by atoms with Gasteiger partial charge in [-0.3, -0.25) is 4.79 Å². The van der Waals surface area contributed by atoms with E-state index in [0.717, 1.165) is 0 Å². The van der Waals surface area contributed by atoms with Crippen LogP contribution in [-0.4, -0.2) is 16.2 Å². The van der Waals surface area contributed by atoms with Crippen LogP contribution in [0.2, 0.25) is 0 Å². The van der Waals surface area contributed by atoms with Crippen LogP contribution in [-0.2, 0) is 4.79 Å². The number of aromatic hydroxyl groups is 2. The number of esters is 1. The van der Waals surface area contributed by atoms with E-state index in [-0.39, 0.29) is 23.2 Å². The summed E-state index contributed by atoms with van der Waals surface area (Å²) in [6.07, 6.45) is 0.663. The average Bonchev–Trinajstić information content (AvgIpc) is 2.23. The van der Waals surface area contributed by atoms with E-state index in [9.17, 15) is 9.90 Å². The minimum atomic E-state index is -0.562. The summed E-state index contributed by atoms with van der Waals surface area (Å²) in [7, 11) is 0. The van der Waals surface area contributed by atoms with E-state index < -0.39 is 5.41 Å². The van der Waals surface area contributed by atoms with Crippen LogP contribution in [0.1, 0.15) is 27.2 Å². The van der Waals surface area contributed by atoms with Gasteiger partial charge in [-0.1, -0.05) is 6.92 Å². The minimum absolute atomic E-state index is 0.224. The van der Waals surface area contributed by atoms with E-state index >= 15 is 0 Å². The van der Waals surface area contributed by atoms with Gasteiger partial charge in [-0.2, -0.15) is 0 Å². The van der Waals surface area contributed by atoms with Gasteiger partial charge >= 0.3 is 5.97 Å². The lowest BCUT2D eigenvalue weighted by Crippen LogP contribution is -2.28. The molecular formula is C12H16O4. The molecule has 0 bridgehead atoms. The number of carbonyl (C=O) groups is 1. The molecule has 4 heteroatoms. The molecule has 88 valence electrons. The summed E-state index contributed by atoms with van der Waals surface area (Å²) >= 11 is 0. The number of hydrogen-bond acceptors (Lipinski definition) is 4. The van der Waals surface area contributed by atoms with Gasteiger partial charge in [-0.05, 0) is 32.4 Å². The van der Waals surface area contributed by atoms with Gasteiger partial charge in [0.1, 0.15) is 5.75 Å². The molecule has 0 saturated carbocycles. The van der Waals surface area contributed by atoms with Crippen molar-refractivity contribution in [2.75, 3.05) is 0 Å². The lowest BCUT2D eigenvalue weighted by molar-refractivity contribution is -0.144. The number of phenolic OH excluding ortho intramolecular Hbond substituents is 2. The molecule has 4 nitrogen and oxygen atoms in total. The van der Waals surface area contributed by atoms with E-state index in [2.05, 4.69) is 0 Å². The Morgan fingerprint density at radius 3 is 2.44 bits per heavy atom. The molecule has 0 aliphatic rings. The Morgan fingerprint density at radius 1 is 1.31 bits per heavy atom. The van der Waals surface area contributed by atoms with Gasteiger partial charge in [0.2, 0.25) is 0 Å². The summed E-state index contributed by atoms with van der Waals surface area (Å²) in [6.45, 7) is 5.47. The van der Waals surface area contributed by atoms with Crippen LogP contribution in [0.15, 0.2) is 18.2 Å². The molecule has 16 heavy (non-hydrogen) atoms. The van der Waals surface area contributed by atoms with Crippen LogP contribution in [0.5, 0.6) is 17.2 Å². The average molecular weight is 224 g/mol. The molecule has 0 radical (unpaired) electrons. The van der Waals surface area contributed by atoms with E-state index in [1.807, 2.05) is 6.92 Å². The fourth-order valence-electron chi connectivity index (χ4n) is 0.956. The van der Waals surface area contributed by atoms with Gasteiger partial charge in [0.25, 0.3) is 0 Å². The summed E-state index contributed by atoms with van der Waals surface area (Å²) in [5, 5.41) is 18.3. The summed E-state index contributed by atoms with van der Waals surface area (Å²) < 4.78 is 5.10. The lowest BCUT2D eigenvalue weighted by atomic mass is 9.91. The van der Waals surface area contributed by atoms with Crippen molar-refractivity contribution in [1.29, 1.82) is 0 Å². The molecule has 1 aromatic carbocycles. The van der Waals surface area contributed by atoms with Crippen molar-refractivity contribution in [1.82, 2.24) is 0 Å². The number of phenols is 2. The monoisotopic (exact) mass is 224 g/mol. The first-order valence-corrected chi connectivity index (χ1v) is 5.11. The maximum atomic E-state index is 11.7. The molecule has 0 atom stereocenters. The maximum Gasteiger partial charge on any atom is 0.316 e. The molecule has 0 aromatic heterocycles. The molecule has 0 aliphatic heterocycles. The van der Waals surface area contributed by atoms with Gasteiger partial charge < -0.3 is 14.9 Å². The SMILES string of the molecule is CCC(C)(C)C(=O)Oc1ccc(O)c(O)c1. The number of carbonyl (C=O) groups excluding carboxylic acids is 1. The first-order chi connectivity index (χ1) is 7.36. The van der Waals surface area contributed by atoms with Crippen LogP contribution >= 0.6 is 0 Å². The molecule has 0 fully saturated rings. The Morgan fingerprint density at radius 2 is 1.94 bits per heavy atom. The van der Waals surface area contributed by atoms with E-state index in [1.165, 1.54) is 18.2 Å². The normalized spacial score (nSPS) is 11.2. The van der Waals surface area contributed by atoms with Gasteiger partial charge in [0, 0.05) is 6.07 Å². The second-order valence-corrected chi connectivity index (χ2v) is 4.28. The molecule has 2 N–H and O–H groups in total. The third kappa shape index (κ3) is 2.66. The quantitative estimate of drug-likeness (QED) is 0.470. The zero-order valence-corrected chi connectivity index (χ0v) is 9.65. The van der Waals surface area contributed by atoms with Crippen molar-refractivity contribution in [3.05, 3.63) is 18.2 Å². The summed E-state index contributed by atoms with van der Waals surface area (Å²) in [5.41, 5.74) is -0.562. The number of ether oxygens (including phenoxy) is 1. The first-order valence-electron chi connectivity index (χ1n) is 5.11. The summed E-state index contributed by atoms with van der Waals surface area (Å²) in [6, 6.07) is 3.91. The third-order valence-electron chi connectivity index (χ3n) is 2.59. The zero-order valence-electron chi connectivity index (χ0n) is 9.65. The summed E-state index contributed by atoms with van der Waals surface area (Å²) in [4.78, 5) is 11.7. The zero-order chi connectivity index (χ0) is 12.3. The van der Waals surface area contributed by atoms with Crippen LogP contribution in [0.3, 0.4) is 0 Å². The lowest BCUT2D eigenvalue weighted by Gasteiger charge is -2.20. The Labute approximate surface area is 94.5 Å². The largest absolute Gasteiger partial charge is 0.504 e. The standard InChI is InChI=1S/C12H16O4/c1-4-12(2,3)11(15)16-8-5-6-9(13)10(14)7-8/h5-7,13-14H,4H2,1-3H3. The number of rotatable bonds is 3. The molecule has 0 spiro atoms. The van der Waals surface area contributed by atoms with Crippen molar-refractivity contribution >= 4 is 5.97 Å². The van der Waals surface area contributed by atoms with Crippen LogP contribution in [0, 0.1) is 5.41 Å². The van der Waals surface area contributed by atoms with E-state index in [4.69, 9.17) is 9.84 Å². The number of hydrogen-bond donors (Lipinski definition) is 2. The molecule has 0 aliphatic carbocycles. The molecule has 1 rings (SSSR count). The van der Waals surface area contributed by atoms with Gasteiger partial charge in [-0.15, -0.1) is 0 Å². The highest BCUT2D eigenvalue weighted by molar-refractivity contribution is 5.78. The fraction of sp³-hybridized carbons (Fsp3) is 0.417. The predicted octanol–water partition coefficient (Wildman–Crippen LogP) is 2.44. The molecule has 1 aromatic rings. The molecule has 0 heterocycles. The van der Waals surface area contributed by atoms with Crippen LogP contribution in [0.4, 0.5) is 0 Å². The topological polar surface area (TPSA) is 66.8 Å². The predicted molar refractivity (Wildman–Crippen MR) is 59.5 cm³/mol. The van der Waals surface area contributed by atoms with E-state index in [1.54, 1.807) is 13.8 Å². The van der Waals surface area contributed by atoms with Crippen LogP contribution in [0.25, 0.3) is 0 Å². The van der Waals surface area contributed by atoms with Crippen molar-refractivity contribution in [2.45, 2.75) is 27.2 Å². The Kier molecular flexibility index (Phi) is 3.42. The molecule has 0 unspecified atom stereocenters. The Bertz CT molecular complexity index is 396. The highest BCUT2D eigenvalue weighted by Gasteiger charge is 2.27. The second kappa shape index (κ2) is 4.43.